The smallest absolute Gasteiger partial charge is 0.321 e. The Morgan fingerprint density at radius 2 is 1.18 bits per heavy atom. The van der Waals surface area contributed by atoms with E-state index in [1.54, 1.807) is 0 Å². The number of nitrogens with two attached hydrogens (primary N) is 2. The van der Waals surface area contributed by atoms with Crippen LogP contribution in [0.4, 0.5) is 0 Å². The van der Waals surface area contributed by atoms with Gasteiger partial charge in [-0.25, -0.2) is 0 Å². The van der Waals surface area contributed by atoms with Crippen molar-refractivity contribution in [3.8, 4) is 0 Å². The van der Waals surface area contributed by atoms with Crippen molar-refractivity contribution < 1.29 is 51.8 Å². The molecule has 0 atom stereocenters. The Labute approximate surface area is 114 Å². The van der Waals surface area contributed by atoms with Gasteiger partial charge < -0.3 is 32.6 Å². The molecule has 0 heterocycles. The Morgan fingerprint density at radius 1 is 0.941 bits per heavy atom. The summed E-state index contributed by atoms with van der Waals surface area (Å²) in [5, 5.41) is 16.9. The molecular weight excluding hydrogens is 415 g/mol. The van der Waals surface area contributed by atoms with E-state index in [-0.39, 0.29) is 44.9 Å². The predicted octanol–water partition coefficient (Wildman–Crippen LogP) is -2.18. The van der Waals surface area contributed by atoms with E-state index in [0.29, 0.717) is 6.42 Å². The zero-order valence-electron chi connectivity index (χ0n) is 9.80. The summed E-state index contributed by atoms with van der Waals surface area (Å²) in [4.78, 5) is 20.7. The molecule has 0 spiro atoms. The number of carboxylic acids is 2. The van der Waals surface area contributed by atoms with Gasteiger partial charge in [-0.2, -0.15) is 0 Å². The van der Waals surface area contributed by atoms with Gasteiger partial charge in [-0.3, -0.25) is 9.59 Å². The molecular formula is C8H22N2O6Pt. The third kappa shape index (κ3) is 7.40. The van der Waals surface area contributed by atoms with Gasteiger partial charge in [0, 0.05) is 21.1 Å². The fourth-order valence-electron chi connectivity index (χ4n) is 1.05. The van der Waals surface area contributed by atoms with Gasteiger partial charge in [0.05, 0.1) is 0 Å². The molecule has 17 heavy (non-hydrogen) atoms. The maximum Gasteiger partial charge on any atom is 0.321 e. The number of carboxylic acid groups (broad SMARTS) is 2. The summed E-state index contributed by atoms with van der Waals surface area (Å²) in [5.41, 5.74) is 7.56. The van der Waals surface area contributed by atoms with Crippen LogP contribution in [0.15, 0.2) is 0 Å². The van der Waals surface area contributed by atoms with Crippen LogP contribution in [0.2, 0.25) is 0 Å². The molecule has 110 valence electrons. The number of carbonyl (C=O) groups is 2. The molecule has 0 aromatic rings. The van der Waals surface area contributed by atoms with Gasteiger partial charge >= 0.3 is 11.9 Å². The summed E-state index contributed by atoms with van der Waals surface area (Å²) in [6.07, 6.45) is 1.26. The molecule has 1 rings (SSSR count). The van der Waals surface area contributed by atoms with Gasteiger partial charge in [0.25, 0.3) is 0 Å². The summed E-state index contributed by atoms with van der Waals surface area (Å²) in [6.45, 7) is 0. The zero-order valence-corrected chi connectivity index (χ0v) is 12.1. The number of aliphatic carboxylic acids is 2. The molecule has 9 heteroatoms. The van der Waals surface area contributed by atoms with Crippen molar-refractivity contribution in [1.29, 1.82) is 0 Å². The first kappa shape index (κ1) is 30.0. The SMILES string of the molecule is CN.CN.O.O.O=C(O)C1(C(=O)O)CCC1.[Pt]. The normalized spacial score (nSPS) is 13.2. The molecule has 1 saturated carbocycles. The van der Waals surface area contributed by atoms with Crippen molar-refractivity contribution in [3.05, 3.63) is 0 Å². The van der Waals surface area contributed by atoms with Gasteiger partial charge in [0.15, 0.2) is 5.41 Å². The molecule has 0 saturated heterocycles. The number of rotatable bonds is 2. The molecule has 8 nitrogen and oxygen atoms in total. The molecule has 0 unspecified atom stereocenters. The first-order valence-electron chi connectivity index (χ1n) is 4.22. The topological polar surface area (TPSA) is 190 Å². The second-order valence-electron chi connectivity index (χ2n) is 2.55. The summed E-state index contributed by atoms with van der Waals surface area (Å²) in [6, 6.07) is 0. The van der Waals surface area contributed by atoms with Crippen LogP contribution in [0, 0.1) is 5.41 Å². The molecule has 1 fully saturated rings. The van der Waals surface area contributed by atoms with Crippen molar-refractivity contribution in [2.24, 2.45) is 16.9 Å². The van der Waals surface area contributed by atoms with Gasteiger partial charge in [-0.05, 0) is 33.4 Å². The third-order valence-corrected chi connectivity index (χ3v) is 2.03. The fraction of sp³-hybridized carbons (Fsp3) is 0.750. The minimum absolute atomic E-state index is 0. The Morgan fingerprint density at radius 3 is 1.18 bits per heavy atom. The van der Waals surface area contributed by atoms with E-state index in [1.165, 1.54) is 14.1 Å². The molecule has 0 aromatic heterocycles. The van der Waals surface area contributed by atoms with E-state index >= 15 is 0 Å². The maximum atomic E-state index is 10.4. The van der Waals surface area contributed by atoms with E-state index in [9.17, 15) is 9.59 Å². The van der Waals surface area contributed by atoms with E-state index < -0.39 is 17.4 Å². The summed E-state index contributed by atoms with van der Waals surface area (Å²) in [5.74, 6) is -2.41. The van der Waals surface area contributed by atoms with Crippen LogP contribution in [-0.2, 0) is 30.7 Å². The summed E-state index contributed by atoms with van der Waals surface area (Å²) in [7, 11) is 3.00. The van der Waals surface area contributed by atoms with Crippen molar-refractivity contribution in [1.82, 2.24) is 0 Å². The van der Waals surface area contributed by atoms with Crippen LogP contribution >= 0.6 is 0 Å². The number of hydrogen-bond donors (Lipinski definition) is 4. The Kier molecular flexibility index (Phi) is 27.3. The Bertz CT molecular complexity index is 182. The summed E-state index contributed by atoms with van der Waals surface area (Å²) >= 11 is 0. The first-order valence-corrected chi connectivity index (χ1v) is 4.22. The molecule has 1 aliphatic rings. The van der Waals surface area contributed by atoms with E-state index in [0.717, 1.165) is 0 Å². The van der Waals surface area contributed by atoms with E-state index in [4.69, 9.17) is 10.2 Å². The minimum Gasteiger partial charge on any atom is -0.480 e. The van der Waals surface area contributed by atoms with Crippen molar-refractivity contribution in [3.63, 3.8) is 0 Å². The number of hydrogen-bond acceptors (Lipinski definition) is 4. The largest absolute Gasteiger partial charge is 0.480 e. The van der Waals surface area contributed by atoms with Crippen molar-refractivity contribution in [2.75, 3.05) is 14.1 Å². The van der Waals surface area contributed by atoms with E-state index in [2.05, 4.69) is 11.5 Å². The first-order chi connectivity index (χ1) is 6.59. The molecule has 0 aliphatic heterocycles. The second kappa shape index (κ2) is 15.5. The minimum atomic E-state index is -1.44. The van der Waals surface area contributed by atoms with Gasteiger partial charge in [-0.15, -0.1) is 0 Å². The summed E-state index contributed by atoms with van der Waals surface area (Å²) < 4.78 is 0. The van der Waals surface area contributed by atoms with Crippen LogP contribution in [-0.4, -0.2) is 47.2 Å². The quantitative estimate of drug-likeness (QED) is 0.355. The zero-order chi connectivity index (χ0) is 11.8. The average molecular weight is 437 g/mol. The van der Waals surface area contributed by atoms with Crippen LogP contribution < -0.4 is 11.5 Å². The molecule has 0 amide bonds. The molecule has 0 radical (unpaired) electrons. The Hall–Kier alpha value is -0.532. The van der Waals surface area contributed by atoms with Gasteiger partial charge in [-0.1, -0.05) is 0 Å². The molecule has 0 aromatic carbocycles. The third-order valence-electron chi connectivity index (χ3n) is 2.03. The van der Waals surface area contributed by atoms with Crippen LogP contribution in [0.25, 0.3) is 0 Å². The van der Waals surface area contributed by atoms with Crippen molar-refractivity contribution >= 4 is 11.9 Å². The fourth-order valence-corrected chi connectivity index (χ4v) is 1.05. The molecule has 0 bridgehead atoms. The molecule has 1 aliphatic carbocycles. The molecule has 10 N–H and O–H groups in total. The van der Waals surface area contributed by atoms with Crippen LogP contribution in [0.3, 0.4) is 0 Å². The standard InChI is InChI=1S/C6H8O4.2CH5N.2H2O.Pt/c7-4(8)6(5(9)10)2-1-3-6;2*1-2;;;/h1-3H2,(H,7,8)(H,9,10);2*2H2,1H3;2*1H2;. The van der Waals surface area contributed by atoms with Crippen LogP contribution in [0.5, 0.6) is 0 Å². The van der Waals surface area contributed by atoms with Gasteiger partial charge in [0.1, 0.15) is 0 Å². The van der Waals surface area contributed by atoms with Crippen LogP contribution in [0.1, 0.15) is 19.3 Å². The van der Waals surface area contributed by atoms with E-state index in [1.807, 2.05) is 0 Å². The Balaban J connectivity index is -0.0000000625. The van der Waals surface area contributed by atoms with Gasteiger partial charge in [0.2, 0.25) is 0 Å². The average Bonchev–Trinajstić information content (AvgIpc) is 2.08. The predicted molar refractivity (Wildman–Crippen MR) is 59.0 cm³/mol. The maximum absolute atomic E-state index is 10.4. The second-order valence-corrected chi connectivity index (χ2v) is 2.55. The van der Waals surface area contributed by atoms with Crippen molar-refractivity contribution in [2.45, 2.75) is 19.3 Å². The monoisotopic (exact) mass is 437 g/mol.